The fraction of sp³-hybridized carbons (Fsp3) is 0.478. The van der Waals surface area contributed by atoms with E-state index in [9.17, 15) is 18.0 Å². The molecule has 3 rings (SSSR count). The summed E-state index contributed by atoms with van der Waals surface area (Å²) in [4.78, 5) is 19.2. The molecule has 2 aromatic rings. The number of aryl methyl sites for hydroxylation is 2. The first kappa shape index (κ1) is 22.9. The zero-order chi connectivity index (χ0) is 22.8. The Morgan fingerprint density at radius 3 is 2.48 bits per heavy atom. The number of benzene rings is 1. The third-order valence-corrected chi connectivity index (χ3v) is 4.93. The maximum atomic E-state index is 12.3. The number of hydrogen-bond acceptors (Lipinski definition) is 4. The van der Waals surface area contributed by atoms with Gasteiger partial charge in [0.15, 0.2) is 0 Å². The van der Waals surface area contributed by atoms with E-state index >= 15 is 0 Å². The molecule has 2 heterocycles. The minimum Gasteiger partial charge on any atom is -0.406 e. The van der Waals surface area contributed by atoms with Gasteiger partial charge in [-0.3, -0.25) is 4.79 Å². The van der Waals surface area contributed by atoms with Gasteiger partial charge in [-0.2, -0.15) is 0 Å². The monoisotopic (exact) mass is 435 g/mol. The largest absolute Gasteiger partial charge is 0.573 e. The van der Waals surface area contributed by atoms with Crippen molar-refractivity contribution in [3.63, 3.8) is 0 Å². The number of alkyl halides is 3. The molecule has 1 aromatic heterocycles. The zero-order valence-electron chi connectivity index (χ0n) is 18.3. The predicted octanol–water partition coefficient (Wildman–Crippen LogP) is 5.62. The molecule has 0 saturated carbocycles. The van der Waals surface area contributed by atoms with Gasteiger partial charge < -0.3 is 15.0 Å². The predicted molar refractivity (Wildman–Crippen MR) is 114 cm³/mol. The molecule has 1 N–H and O–H groups in total. The van der Waals surface area contributed by atoms with Crippen molar-refractivity contribution in [1.29, 1.82) is 0 Å². The Bertz CT molecular complexity index is 935. The number of fused-ring (bicyclic) bond motifs is 1. The van der Waals surface area contributed by atoms with Crippen LogP contribution >= 0.6 is 0 Å². The summed E-state index contributed by atoms with van der Waals surface area (Å²) in [6.45, 7) is 9.33. The van der Waals surface area contributed by atoms with Crippen LogP contribution in [-0.4, -0.2) is 23.8 Å². The first-order valence-electron chi connectivity index (χ1n) is 10.3. The average Bonchev–Trinajstić information content (AvgIpc) is 2.62. The second-order valence-electron chi connectivity index (χ2n) is 9.12. The lowest BCUT2D eigenvalue weighted by Crippen LogP contribution is -2.30. The highest BCUT2D eigenvalue weighted by atomic mass is 19.4. The summed E-state index contributed by atoms with van der Waals surface area (Å²) in [5.41, 5.74) is 3.56. The van der Waals surface area contributed by atoms with Crippen LogP contribution in [0.2, 0.25) is 0 Å². The van der Waals surface area contributed by atoms with Crippen molar-refractivity contribution in [2.45, 2.75) is 59.9 Å². The molecule has 1 aliphatic heterocycles. The number of anilines is 2. The number of hydrogen-bond donors (Lipinski definition) is 1. The van der Waals surface area contributed by atoms with Crippen LogP contribution in [0.25, 0.3) is 0 Å². The maximum absolute atomic E-state index is 12.3. The van der Waals surface area contributed by atoms with E-state index in [0.29, 0.717) is 18.8 Å². The molecule has 0 unspecified atom stereocenters. The highest BCUT2D eigenvalue weighted by Crippen LogP contribution is 2.32. The van der Waals surface area contributed by atoms with Crippen LogP contribution in [0.4, 0.5) is 24.7 Å². The molecule has 1 aliphatic rings. The van der Waals surface area contributed by atoms with Crippen molar-refractivity contribution in [2.75, 3.05) is 16.8 Å². The van der Waals surface area contributed by atoms with E-state index in [1.165, 1.54) is 12.1 Å². The van der Waals surface area contributed by atoms with E-state index < -0.39 is 6.36 Å². The van der Waals surface area contributed by atoms with Crippen molar-refractivity contribution < 1.29 is 22.7 Å². The SMILES string of the molecule is Cc1cc2c(nc1NC(=O)CC(C)(C)C)CCCN2Cc1ccc(OC(F)(F)F)cc1. The van der Waals surface area contributed by atoms with Gasteiger partial charge >= 0.3 is 6.36 Å². The molecule has 0 aliphatic carbocycles. The van der Waals surface area contributed by atoms with E-state index in [1.54, 1.807) is 12.1 Å². The smallest absolute Gasteiger partial charge is 0.406 e. The summed E-state index contributed by atoms with van der Waals surface area (Å²) < 4.78 is 41.0. The fourth-order valence-corrected chi connectivity index (χ4v) is 3.62. The van der Waals surface area contributed by atoms with E-state index in [1.807, 2.05) is 33.8 Å². The standard InChI is InChI=1S/C23H28F3N3O2/c1-15-12-19-18(27-21(15)28-20(30)13-22(2,3)4)6-5-11-29(19)14-16-7-9-17(10-8-16)31-23(24,25)26/h7-10,12H,5-6,11,13-14H2,1-4H3,(H,27,28,30). The van der Waals surface area contributed by atoms with E-state index in [4.69, 9.17) is 4.98 Å². The van der Waals surface area contributed by atoms with Crippen LogP contribution in [0.5, 0.6) is 5.75 Å². The molecule has 1 aromatic carbocycles. The lowest BCUT2D eigenvalue weighted by atomic mass is 9.92. The molecule has 0 bridgehead atoms. The Morgan fingerprint density at radius 2 is 1.87 bits per heavy atom. The second kappa shape index (κ2) is 8.77. The first-order chi connectivity index (χ1) is 14.4. The molecule has 31 heavy (non-hydrogen) atoms. The molecule has 8 heteroatoms. The lowest BCUT2D eigenvalue weighted by molar-refractivity contribution is -0.274. The molecule has 168 valence electrons. The highest BCUT2D eigenvalue weighted by molar-refractivity contribution is 5.91. The zero-order valence-corrected chi connectivity index (χ0v) is 18.3. The molecule has 0 atom stereocenters. The van der Waals surface area contributed by atoms with Gasteiger partial charge in [0.1, 0.15) is 11.6 Å². The summed E-state index contributed by atoms with van der Waals surface area (Å²) >= 11 is 0. The number of halogens is 3. The number of aromatic nitrogens is 1. The highest BCUT2D eigenvalue weighted by Gasteiger charge is 2.31. The number of ether oxygens (including phenoxy) is 1. The number of nitrogens with zero attached hydrogens (tertiary/aromatic N) is 2. The van der Waals surface area contributed by atoms with Gasteiger partial charge in [0.05, 0.1) is 11.4 Å². The van der Waals surface area contributed by atoms with Gasteiger partial charge in [0, 0.05) is 19.5 Å². The quantitative estimate of drug-likeness (QED) is 0.663. The third kappa shape index (κ3) is 6.60. The van der Waals surface area contributed by atoms with Gasteiger partial charge in [0.25, 0.3) is 0 Å². The number of amides is 1. The Balaban J connectivity index is 1.74. The Morgan fingerprint density at radius 1 is 1.19 bits per heavy atom. The van der Waals surface area contributed by atoms with Gasteiger partial charge in [-0.1, -0.05) is 32.9 Å². The summed E-state index contributed by atoms with van der Waals surface area (Å²) in [6.07, 6.45) is -2.57. The summed E-state index contributed by atoms with van der Waals surface area (Å²) in [5, 5.41) is 2.93. The van der Waals surface area contributed by atoms with Crippen molar-refractivity contribution in [1.82, 2.24) is 4.98 Å². The van der Waals surface area contributed by atoms with E-state index in [2.05, 4.69) is 15.0 Å². The van der Waals surface area contributed by atoms with E-state index in [0.717, 1.165) is 41.9 Å². The lowest BCUT2D eigenvalue weighted by Gasteiger charge is -2.31. The average molecular weight is 435 g/mol. The molecule has 0 fully saturated rings. The minimum atomic E-state index is -4.70. The van der Waals surface area contributed by atoms with Crippen LogP contribution in [0.3, 0.4) is 0 Å². The van der Waals surface area contributed by atoms with Crippen molar-refractivity contribution in [3.8, 4) is 5.75 Å². The third-order valence-electron chi connectivity index (χ3n) is 4.93. The molecular formula is C23H28F3N3O2. The van der Waals surface area contributed by atoms with Crippen molar-refractivity contribution in [2.24, 2.45) is 5.41 Å². The second-order valence-corrected chi connectivity index (χ2v) is 9.12. The van der Waals surface area contributed by atoms with Gasteiger partial charge in [-0.05, 0) is 54.5 Å². The molecule has 1 amide bonds. The number of carbonyl (C=O) groups is 1. The van der Waals surface area contributed by atoms with Gasteiger partial charge in [-0.15, -0.1) is 13.2 Å². The molecule has 5 nitrogen and oxygen atoms in total. The number of nitrogens with one attached hydrogen (secondary N) is 1. The van der Waals surface area contributed by atoms with Crippen LogP contribution in [0.15, 0.2) is 30.3 Å². The molecular weight excluding hydrogens is 407 g/mol. The number of carbonyl (C=O) groups excluding carboxylic acids is 1. The normalized spacial score (nSPS) is 14.2. The minimum absolute atomic E-state index is 0.0584. The van der Waals surface area contributed by atoms with Crippen LogP contribution in [0, 0.1) is 12.3 Å². The maximum Gasteiger partial charge on any atom is 0.573 e. The number of rotatable bonds is 5. The van der Waals surface area contributed by atoms with Crippen LogP contribution < -0.4 is 15.0 Å². The Kier molecular flexibility index (Phi) is 6.48. The Hall–Kier alpha value is -2.77. The topological polar surface area (TPSA) is 54.5 Å². The first-order valence-corrected chi connectivity index (χ1v) is 10.3. The molecule has 0 radical (unpaired) electrons. The molecule has 0 spiro atoms. The Labute approximate surface area is 180 Å². The summed E-state index contributed by atoms with van der Waals surface area (Å²) in [7, 11) is 0. The van der Waals surface area contributed by atoms with Crippen molar-refractivity contribution in [3.05, 3.63) is 47.2 Å². The van der Waals surface area contributed by atoms with Crippen molar-refractivity contribution >= 4 is 17.4 Å². The molecule has 0 saturated heterocycles. The van der Waals surface area contributed by atoms with Gasteiger partial charge in [-0.25, -0.2) is 4.98 Å². The van der Waals surface area contributed by atoms with E-state index in [-0.39, 0.29) is 17.1 Å². The van der Waals surface area contributed by atoms with Crippen LogP contribution in [0.1, 0.15) is 50.4 Å². The summed E-state index contributed by atoms with van der Waals surface area (Å²) in [6, 6.07) is 7.94. The number of pyridine rings is 1. The van der Waals surface area contributed by atoms with Crippen LogP contribution in [-0.2, 0) is 17.8 Å². The van der Waals surface area contributed by atoms with Gasteiger partial charge in [0.2, 0.25) is 5.91 Å². The fourth-order valence-electron chi connectivity index (χ4n) is 3.62. The summed E-state index contributed by atoms with van der Waals surface area (Å²) in [5.74, 6) is 0.295.